The number of hydrogen-bond donors (Lipinski definition) is 1. The van der Waals surface area contributed by atoms with Gasteiger partial charge in [-0.2, -0.15) is 0 Å². The Kier molecular flexibility index (Phi) is 4.48. The van der Waals surface area contributed by atoms with Gasteiger partial charge in [0.25, 0.3) is 0 Å². The van der Waals surface area contributed by atoms with Crippen molar-refractivity contribution in [2.24, 2.45) is 11.3 Å². The minimum Gasteiger partial charge on any atom is -0.312 e. The molecule has 1 atom stereocenters. The van der Waals surface area contributed by atoms with Crippen molar-refractivity contribution in [3.05, 3.63) is 0 Å². The first-order valence-corrected chi connectivity index (χ1v) is 7.61. The van der Waals surface area contributed by atoms with E-state index in [-0.39, 0.29) is 0 Å². The summed E-state index contributed by atoms with van der Waals surface area (Å²) in [7, 11) is 0. The molecule has 0 aromatic rings. The van der Waals surface area contributed by atoms with Crippen LogP contribution in [-0.4, -0.2) is 37.1 Å². The SMILES string of the molecule is CCCC1(CN2CCCNC(C(C)C)C2)CC1. The fraction of sp³-hybridized carbons (Fsp3) is 1.00. The van der Waals surface area contributed by atoms with Gasteiger partial charge >= 0.3 is 0 Å². The molecule has 2 aliphatic rings. The fourth-order valence-corrected chi connectivity index (χ4v) is 3.28. The Labute approximate surface area is 107 Å². The highest BCUT2D eigenvalue weighted by Gasteiger charge is 2.42. The van der Waals surface area contributed by atoms with Crippen LogP contribution in [0.5, 0.6) is 0 Å². The molecule has 1 N–H and O–H groups in total. The molecule has 0 aromatic carbocycles. The number of rotatable bonds is 5. The van der Waals surface area contributed by atoms with Crippen LogP contribution in [0.1, 0.15) is 52.9 Å². The largest absolute Gasteiger partial charge is 0.312 e. The molecule has 0 radical (unpaired) electrons. The van der Waals surface area contributed by atoms with Crippen molar-refractivity contribution in [3.8, 4) is 0 Å². The quantitative estimate of drug-likeness (QED) is 0.792. The van der Waals surface area contributed by atoms with Crippen molar-refractivity contribution in [2.75, 3.05) is 26.2 Å². The summed E-state index contributed by atoms with van der Waals surface area (Å²) < 4.78 is 0. The summed E-state index contributed by atoms with van der Waals surface area (Å²) in [5.74, 6) is 0.761. The molecule has 2 rings (SSSR count). The molecule has 0 aromatic heterocycles. The first-order valence-electron chi connectivity index (χ1n) is 7.61. The highest BCUT2D eigenvalue weighted by atomic mass is 15.2. The highest BCUT2D eigenvalue weighted by molar-refractivity contribution is 4.96. The predicted molar refractivity (Wildman–Crippen MR) is 74.3 cm³/mol. The second kappa shape index (κ2) is 5.71. The van der Waals surface area contributed by atoms with E-state index < -0.39 is 0 Å². The third kappa shape index (κ3) is 3.69. The Morgan fingerprint density at radius 2 is 2.12 bits per heavy atom. The molecule has 1 saturated carbocycles. The topological polar surface area (TPSA) is 15.3 Å². The summed E-state index contributed by atoms with van der Waals surface area (Å²) in [6.07, 6.45) is 7.10. The molecule has 1 heterocycles. The van der Waals surface area contributed by atoms with Gasteiger partial charge in [0.15, 0.2) is 0 Å². The second-order valence-corrected chi connectivity index (χ2v) is 6.64. The standard InChI is InChI=1S/C15H30N2/c1-4-6-15(7-8-15)12-17-10-5-9-16-14(11-17)13(2)3/h13-14,16H,4-12H2,1-3H3. The number of nitrogens with zero attached hydrogens (tertiary/aromatic N) is 1. The molecule has 100 valence electrons. The third-order valence-corrected chi connectivity index (χ3v) is 4.61. The van der Waals surface area contributed by atoms with Crippen LogP contribution in [-0.2, 0) is 0 Å². The monoisotopic (exact) mass is 238 g/mol. The van der Waals surface area contributed by atoms with E-state index in [4.69, 9.17) is 0 Å². The summed E-state index contributed by atoms with van der Waals surface area (Å²) in [5.41, 5.74) is 0.723. The van der Waals surface area contributed by atoms with Gasteiger partial charge in [-0.15, -0.1) is 0 Å². The minimum absolute atomic E-state index is 0.704. The van der Waals surface area contributed by atoms with Crippen LogP contribution >= 0.6 is 0 Å². The minimum atomic E-state index is 0.704. The molecule has 0 spiro atoms. The maximum Gasteiger partial charge on any atom is 0.0217 e. The summed E-state index contributed by atoms with van der Waals surface area (Å²) in [4.78, 5) is 2.74. The summed E-state index contributed by atoms with van der Waals surface area (Å²) >= 11 is 0. The van der Waals surface area contributed by atoms with Gasteiger partial charge in [-0.3, -0.25) is 0 Å². The lowest BCUT2D eigenvalue weighted by Gasteiger charge is -2.30. The van der Waals surface area contributed by atoms with E-state index in [2.05, 4.69) is 31.0 Å². The van der Waals surface area contributed by atoms with Crippen LogP contribution in [0, 0.1) is 11.3 Å². The summed E-state index contributed by atoms with van der Waals surface area (Å²) in [6, 6.07) is 0.704. The van der Waals surface area contributed by atoms with Gasteiger partial charge in [-0.05, 0) is 50.1 Å². The predicted octanol–water partition coefficient (Wildman–Crippen LogP) is 2.89. The average molecular weight is 238 g/mol. The van der Waals surface area contributed by atoms with E-state index in [1.807, 2.05) is 0 Å². The van der Waals surface area contributed by atoms with Gasteiger partial charge < -0.3 is 10.2 Å². The van der Waals surface area contributed by atoms with E-state index in [9.17, 15) is 0 Å². The second-order valence-electron chi connectivity index (χ2n) is 6.64. The highest BCUT2D eigenvalue weighted by Crippen LogP contribution is 2.50. The lowest BCUT2D eigenvalue weighted by atomic mass is 9.98. The van der Waals surface area contributed by atoms with Crippen molar-refractivity contribution in [1.29, 1.82) is 0 Å². The zero-order valence-corrected chi connectivity index (χ0v) is 12.0. The van der Waals surface area contributed by atoms with Crippen LogP contribution in [0.4, 0.5) is 0 Å². The maximum atomic E-state index is 3.71. The molecule has 0 bridgehead atoms. The molecule has 1 unspecified atom stereocenters. The molecule has 17 heavy (non-hydrogen) atoms. The van der Waals surface area contributed by atoms with E-state index in [1.165, 1.54) is 58.3 Å². The Bertz CT molecular complexity index is 233. The van der Waals surface area contributed by atoms with Gasteiger partial charge in [0.05, 0.1) is 0 Å². The maximum absolute atomic E-state index is 3.71. The number of hydrogen-bond acceptors (Lipinski definition) is 2. The summed E-state index contributed by atoms with van der Waals surface area (Å²) in [6.45, 7) is 12.2. The Morgan fingerprint density at radius 1 is 1.35 bits per heavy atom. The van der Waals surface area contributed by atoms with Gasteiger partial charge in [0.1, 0.15) is 0 Å². The zero-order chi connectivity index (χ0) is 12.3. The Balaban J connectivity index is 1.86. The van der Waals surface area contributed by atoms with Crippen LogP contribution in [0.25, 0.3) is 0 Å². The summed E-state index contributed by atoms with van der Waals surface area (Å²) in [5, 5.41) is 3.71. The van der Waals surface area contributed by atoms with E-state index >= 15 is 0 Å². The average Bonchev–Trinajstić information content (AvgIpc) is 3.04. The van der Waals surface area contributed by atoms with Gasteiger partial charge in [-0.25, -0.2) is 0 Å². The zero-order valence-electron chi connectivity index (χ0n) is 12.0. The molecule has 2 fully saturated rings. The van der Waals surface area contributed by atoms with Crippen LogP contribution in [0.3, 0.4) is 0 Å². The Morgan fingerprint density at radius 3 is 2.71 bits per heavy atom. The lowest BCUT2D eigenvalue weighted by Crippen LogP contribution is -2.42. The molecular weight excluding hydrogens is 208 g/mol. The van der Waals surface area contributed by atoms with Crippen molar-refractivity contribution < 1.29 is 0 Å². The van der Waals surface area contributed by atoms with Crippen molar-refractivity contribution >= 4 is 0 Å². The van der Waals surface area contributed by atoms with E-state index in [1.54, 1.807) is 0 Å². The van der Waals surface area contributed by atoms with E-state index in [0.29, 0.717) is 6.04 Å². The fourth-order valence-electron chi connectivity index (χ4n) is 3.28. The molecule has 2 heteroatoms. The molecule has 2 nitrogen and oxygen atoms in total. The van der Waals surface area contributed by atoms with Crippen molar-refractivity contribution in [1.82, 2.24) is 10.2 Å². The van der Waals surface area contributed by atoms with Gasteiger partial charge in [0.2, 0.25) is 0 Å². The van der Waals surface area contributed by atoms with Crippen molar-refractivity contribution in [2.45, 2.75) is 58.9 Å². The molecule has 1 aliphatic heterocycles. The van der Waals surface area contributed by atoms with E-state index in [0.717, 1.165) is 11.3 Å². The molecule has 0 amide bonds. The third-order valence-electron chi connectivity index (χ3n) is 4.61. The van der Waals surface area contributed by atoms with Crippen LogP contribution in [0.2, 0.25) is 0 Å². The normalized spacial score (nSPS) is 29.3. The number of nitrogens with one attached hydrogen (secondary N) is 1. The first kappa shape index (κ1) is 13.4. The van der Waals surface area contributed by atoms with Crippen LogP contribution in [0.15, 0.2) is 0 Å². The van der Waals surface area contributed by atoms with Crippen molar-refractivity contribution in [3.63, 3.8) is 0 Å². The molecule has 1 aliphatic carbocycles. The molecule has 1 saturated heterocycles. The Hall–Kier alpha value is -0.0800. The lowest BCUT2D eigenvalue weighted by molar-refractivity contribution is 0.196. The van der Waals surface area contributed by atoms with Gasteiger partial charge in [-0.1, -0.05) is 27.2 Å². The van der Waals surface area contributed by atoms with Crippen LogP contribution < -0.4 is 5.32 Å². The smallest absolute Gasteiger partial charge is 0.0217 e. The van der Waals surface area contributed by atoms with Gasteiger partial charge in [0, 0.05) is 19.1 Å². The molecular formula is C15H30N2. The first-order chi connectivity index (χ1) is 8.15.